The number of hydrogen-bond donors (Lipinski definition) is 3. The van der Waals surface area contributed by atoms with E-state index >= 15 is 0 Å². The third kappa shape index (κ3) is 1.48. The van der Waals surface area contributed by atoms with Gasteiger partial charge in [-0.25, -0.2) is 29.3 Å². The SMILES string of the molecule is CC(c1nc2ccccc2[nH]1)n1c(=O)[nH][nH]c1=O. The molecule has 0 aliphatic carbocycles. The fourth-order valence-corrected chi connectivity index (χ4v) is 1.96. The minimum absolute atomic E-state index is 0.458. The van der Waals surface area contributed by atoms with Crippen molar-refractivity contribution in [2.45, 2.75) is 13.0 Å². The van der Waals surface area contributed by atoms with Crippen LogP contribution in [0.25, 0.3) is 11.0 Å². The van der Waals surface area contributed by atoms with Gasteiger partial charge in [0, 0.05) is 0 Å². The molecular weight excluding hydrogens is 234 g/mol. The maximum Gasteiger partial charge on any atom is 0.345 e. The second kappa shape index (κ2) is 3.73. The molecule has 0 bridgehead atoms. The molecule has 0 amide bonds. The molecule has 7 heteroatoms. The lowest BCUT2D eigenvalue weighted by atomic mass is 10.3. The summed E-state index contributed by atoms with van der Waals surface area (Å²) < 4.78 is 1.08. The summed E-state index contributed by atoms with van der Waals surface area (Å²) in [6, 6.07) is 7.08. The number of imidazole rings is 1. The number of fused-ring (bicyclic) bond motifs is 1. The molecule has 92 valence electrons. The number of hydrogen-bond acceptors (Lipinski definition) is 3. The van der Waals surface area contributed by atoms with Gasteiger partial charge < -0.3 is 4.98 Å². The molecule has 18 heavy (non-hydrogen) atoms. The van der Waals surface area contributed by atoms with Gasteiger partial charge in [-0.1, -0.05) is 12.1 Å². The van der Waals surface area contributed by atoms with Crippen molar-refractivity contribution in [2.75, 3.05) is 0 Å². The Kier molecular flexibility index (Phi) is 2.19. The normalized spacial score (nSPS) is 12.9. The lowest BCUT2D eigenvalue weighted by molar-refractivity contribution is 0.571. The number of para-hydroxylation sites is 2. The van der Waals surface area contributed by atoms with Crippen LogP contribution >= 0.6 is 0 Å². The van der Waals surface area contributed by atoms with Gasteiger partial charge in [0.05, 0.1) is 17.1 Å². The van der Waals surface area contributed by atoms with Crippen molar-refractivity contribution in [3.8, 4) is 0 Å². The molecule has 2 heterocycles. The average molecular weight is 245 g/mol. The first kappa shape index (κ1) is 10.6. The van der Waals surface area contributed by atoms with Crippen LogP contribution in [0.4, 0.5) is 0 Å². The monoisotopic (exact) mass is 245 g/mol. The van der Waals surface area contributed by atoms with Crippen molar-refractivity contribution in [3.05, 3.63) is 51.1 Å². The summed E-state index contributed by atoms with van der Waals surface area (Å²) in [6.07, 6.45) is 0. The van der Waals surface area contributed by atoms with E-state index in [2.05, 4.69) is 20.2 Å². The Morgan fingerprint density at radius 3 is 2.50 bits per heavy atom. The molecule has 0 saturated heterocycles. The number of aromatic amines is 3. The zero-order valence-electron chi connectivity index (χ0n) is 9.60. The summed E-state index contributed by atoms with van der Waals surface area (Å²) in [5.74, 6) is 0.573. The van der Waals surface area contributed by atoms with E-state index in [0.717, 1.165) is 15.6 Å². The van der Waals surface area contributed by atoms with Gasteiger partial charge in [0.25, 0.3) is 0 Å². The number of nitrogens with one attached hydrogen (secondary N) is 3. The maximum atomic E-state index is 11.5. The van der Waals surface area contributed by atoms with E-state index in [9.17, 15) is 9.59 Å². The highest BCUT2D eigenvalue weighted by atomic mass is 16.2. The first-order chi connectivity index (χ1) is 8.66. The van der Waals surface area contributed by atoms with Gasteiger partial charge in [-0.15, -0.1) is 0 Å². The standard InChI is InChI=1S/C11H11N5O2/c1-6(16-10(17)14-15-11(16)18)9-12-7-4-2-3-5-8(7)13-9/h2-6H,1H3,(H,12,13)(H,14,17)(H,15,18). The Balaban J connectivity index is 2.15. The molecule has 1 unspecified atom stereocenters. The van der Waals surface area contributed by atoms with E-state index in [4.69, 9.17) is 0 Å². The minimum atomic E-state index is -0.479. The lowest BCUT2D eigenvalue weighted by Crippen LogP contribution is -2.30. The van der Waals surface area contributed by atoms with Crippen molar-refractivity contribution in [3.63, 3.8) is 0 Å². The van der Waals surface area contributed by atoms with Gasteiger partial charge in [-0.2, -0.15) is 0 Å². The third-order valence-electron chi connectivity index (χ3n) is 2.90. The minimum Gasteiger partial charge on any atom is -0.340 e. The number of aromatic nitrogens is 5. The van der Waals surface area contributed by atoms with E-state index in [0.29, 0.717) is 5.82 Å². The Bertz CT molecular complexity index is 746. The molecule has 2 aromatic heterocycles. The van der Waals surface area contributed by atoms with Crippen molar-refractivity contribution in [2.24, 2.45) is 0 Å². The number of rotatable bonds is 2. The van der Waals surface area contributed by atoms with Gasteiger partial charge >= 0.3 is 11.4 Å². The van der Waals surface area contributed by atoms with Gasteiger partial charge in [0.1, 0.15) is 5.82 Å². The zero-order valence-corrected chi connectivity index (χ0v) is 9.60. The molecule has 3 rings (SSSR count). The van der Waals surface area contributed by atoms with E-state index < -0.39 is 17.4 Å². The fraction of sp³-hybridized carbons (Fsp3) is 0.182. The molecule has 0 saturated carbocycles. The van der Waals surface area contributed by atoms with Crippen molar-refractivity contribution < 1.29 is 0 Å². The van der Waals surface area contributed by atoms with E-state index in [1.807, 2.05) is 24.3 Å². The highest BCUT2D eigenvalue weighted by Crippen LogP contribution is 2.16. The van der Waals surface area contributed by atoms with Crippen LogP contribution in [-0.2, 0) is 0 Å². The van der Waals surface area contributed by atoms with Crippen LogP contribution in [0, 0.1) is 0 Å². The van der Waals surface area contributed by atoms with Crippen LogP contribution < -0.4 is 11.4 Å². The van der Waals surface area contributed by atoms with Gasteiger partial charge in [0.2, 0.25) is 0 Å². The van der Waals surface area contributed by atoms with E-state index in [1.54, 1.807) is 6.92 Å². The number of H-pyrrole nitrogens is 3. The Labute approximate surface area is 100 Å². The van der Waals surface area contributed by atoms with E-state index in [-0.39, 0.29) is 0 Å². The molecule has 0 aliphatic heterocycles. The Morgan fingerprint density at radius 2 is 1.83 bits per heavy atom. The van der Waals surface area contributed by atoms with Crippen molar-refractivity contribution >= 4 is 11.0 Å². The van der Waals surface area contributed by atoms with E-state index in [1.165, 1.54) is 0 Å². The topological polar surface area (TPSA) is 99.3 Å². The summed E-state index contributed by atoms with van der Waals surface area (Å²) in [5, 5.41) is 4.50. The smallest absolute Gasteiger partial charge is 0.340 e. The van der Waals surface area contributed by atoms with Crippen LogP contribution in [0.1, 0.15) is 18.8 Å². The summed E-state index contributed by atoms with van der Waals surface area (Å²) >= 11 is 0. The molecule has 1 aromatic carbocycles. The largest absolute Gasteiger partial charge is 0.345 e. The third-order valence-corrected chi connectivity index (χ3v) is 2.90. The first-order valence-corrected chi connectivity index (χ1v) is 5.50. The van der Waals surface area contributed by atoms with Gasteiger partial charge in [-0.3, -0.25) is 0 Å². The second-order valence-corrected chi connectivity index (χ2v) is 4.05. The first-order valence-electron chi connectivity index (χ1n) is 5.50. The predicted molar refractivity (Wildman–Crippen MR) is 65.6 cm³/mol. The molecular formula is C11H11N5O2. The van der Waals surface area contributed by atoms with Crippen LogP contribution in [0.5, 0.6) is 0 Å². The molecule has 0 spiro atoms. The van der Waals surface area contributed by atoms with Crippen LogP contribution in [-0.4, -0.2) is 24.7 Å². The molecule has 7 nitrogen and oxygen atoms in total. The maximum absolute atomic E-state index is 11.5. The van der Waals surface area contributed by atoms with Gasteiger partial charge in [0.15, 0.2) is 0 Å². The molecule has 3 aromatic rings. The molecule has 1 atom stereocenters. The average Bonchev–Trinajstić information content (AvgIpc) is 2.92. The summed E-state index contributed by atoms with van der Waals surface area (Å²) in [6.45, 7) is 1.74. The van der Waals surface area contributed by atoms with Crippen LogP contribution in [0.2, 0.25) is 0 Å². The molecule has 0 fully saturated rings. The molecule has 0 aliphatic rings. The second-order valence-electron chi connectivity index (χ2n) is 4.05. The predicted octanol–water partition coefficient (Wildman–Crippen LogP) is 0.350. The summed E-state index contributed by atoms with van der Waals surface area (Å²) in [5.41, 5.74) is 0.722. The zero-order chi connectivity index (χ0) is 12.7. The highest BCUT2D eigenvalue weighted by Gasteiger charge is 2.17. The van der Waals surface area contributed by atoms with Gasteiger partial charge in [-0.05, 0) is 19.1 Å². The fourth-order valence-electron chi connectivity index (χ4n) is 1.96. The number of nitrogens with zero attached hydrogens (tertiary/aromatic N) is 2. The molecule has 0 radical (unpaired) electrons. The number of benzene rings is 1. The Morgan fingerprint density at radius 1 is 1.17 bits per heavy atom. The summed E-state index contributed by atoms with van der Waals surface area (Å²) in [4.78, 5) is 30.5. The van der Waals surface area contributed by atoms with Crippen molar-refractivity contribution in [1.29, 1.82) is 0 Å². The molecule has 3 N–H and O–H groups in total. The summed E-state index contributed by atoms with van der Waals surface area (Å²) in [7, 11) is 0. The quantitative estimate of drug-likeness (QED) is 0.607. The van der Waals surface area contributed by atoms with Crippen molar-refractivity contribution in [1.82, 2.24) is 24.7 Å². The Hall–Kier alpha value is -2.57. The lowest BCUT2D eigenvalue weighted by Gasteiger charge is -2.06. The van der Waals surface area contributed by atoms with Crippen LogP contribution in [0.3, 0.4) is 0 Å². The van der Waals surface area contributed by atoms with Crippen LogP contribution in [0.15, 0.2) is 33.9 Å². The highest BCUT2D eigenvalue weighted by molar-refractivity contribution is 5.74.